The number of carbonyl (C=O) groups is 1. The van der Waals surface area contributed by atoms with E-state index in [2.05, 4.69) is 5.32 Å². The largest absolute Gasteiger partial charge is 0.450 e. The Bertz CT molecular complexity index is 804. The van der Waals surface area contributed by atoms with Crippen molar-refractivity contribution >= 4 is 23.2 Å². The molecule has 2 aromatic carbocycles. The zero-order valence-electron chi connectivity index (χ0n) is 13.8. The minimum atomic E-state index is -0.561. The van der Waals surface area contributed by atoms with Crippen LogP contribution in [0.5, 0.6) is 11.5 Å². The molecule has 0 aromatic heterocycles. The third kappa shape index (κ3) is 4.50. The molecule has 3 rings (SSSR count). The zero-order chi connectivity index (χ0) is 18.5. The van der Waals surface area contributed by atoms with E-state index in [9.17, 15) is 14.9 Å². The maximum absolute atomic E-state index is 12.1. The molecule has 1 aliphatic heterocycles. The molecule has 0 bridgehead atoms. The Morgan fingerprint density at radius 1 is 1.31 bits per heavy atom. The minimum Gasteiger partial charge on any atom is -0.450 e. The van der Waals surface area contributed by atoms with Crippen LogP contribution in [0.25, 0.3) is 0 Å². The number of benzene rings is 2. The van der Waals surface area contributed by atoms with E-state index in [1.54, 1.807) is 24.3 Å². The lowest BCUT2D eigenvalue weighted by atomic mass is 10.2. The Labute approximate surface area is 155 Å². The molecular formula is C18H17ClN2O5. The van der Waals surface area contributed by atoms with E-state index in [0.29, 0.717) is 17.9 Å². The third-order valence-corrected chi connectivity index (χ3v) is 4.21. The monoisotopic (exact) mass is 376 g/mol. The second-order valence-corrected chi connectivity index (χ2v) is 6.28. The van der Waals surface area contributed by atoms with Gasteiger partial charge in [-0.3, -0.25) is 14.9 Å². The molecule has 1 heterocycles. The first kappa shape index (κ1) is 18.2. The predicted octanol–water partition coefficient (Wildman–Crippen LogP) is 3.95. The van der Waals surface area contributed by atoms with Crippen molar-refractivity contribution in [3.05, 3.63) is 63.2 Å². The van der Waals surface area contributed by atoms with Crippen LogP contribution >= 0.6 is 11.6 Å². The SMILES string of the molecule is O=C(NCC1CCCO1)c1ccc(Oc2ccc(Cl)cc2[N+](=O)[O-])cc1. The van der Waals surface area contributed by atoms with Crippen LogP contribution in [0.1, 0.15) is 23.2 Å². The van der Waals surface area contributed by atoms with Crippen LogP contribution in [0.15, 0.2) is 42.5 Å². The summed E-state index contributed by atoms with van der Waals surface area (Å²) in [5.74, 6) is 0.255. The quantitative estimate of drug-likeness (QED) is 0.609. The highest BCUT2D eigenvalue weighted by Crippen LogP contribution is 2.33. The minimum absolute atomic E-state index is 0.0759. The van der Waals surface area contributed by atoms with E-state index < -0.39 is 4.92 Å². The summed E-state index contributed by atoms with van der Waals surface area (Å²) >= 11 is 5.78. The molecule has 8 heteroatoms. The fourth-order valence-electron chi connectivity index (χ4n) is 2.63. The lowest BCUT2D eigenvalue weighted by Gasteiger charge is -2.11. The fourth-order valence-corrected chi connectivity index (χ4v) is 2.80. The van der Waals surface area contributed by atoms with Crippen molar-refractivity contribution in [2.75, 3.05) is 13.2 Å². The number of nitrogens with zero attached hydrogens (tertiary/aromatic N) is 1. The molecule has 1 N–H and O–H groups in total. The molecule has 7 nitrogen and oxygen atoms in total. The number of nitrogens with one attached hydrogen (secondary N) is 1. The summed E-state index contributed by atoms with van der Waals surface area (Å²) in [6.45, 7) is 1.22. The summed E-state index contributed by atoms with van der Waals surface area (Å²) in [6, 6.07) is 10.5. The van der Waals surface area contributed by atoms with Gasteiger partial charge in [-0.25, -0.2) is 0 Å². The Balaban J connectivity index is 1.64. The third-order valence-electron chi connectivity index (χ3n) is 3.98. The van der Waals surface area contributed by atoms with Crippen molar-refractivity contribution in [1.82, 2.24) is 5.32 Å². The Hall–Kier alpha value is -2.64. The van der Waals surface area contributed by atoms with Gasteiger partial charge in [-0.05, 0) is 49.2 Å². The highest BCUT2D eigenvalue weighted by molar-refractivity contribution is 6.30. The van der Waals surface area contributed by atoms with Gasteiger partial charge in [-0.2, -0.15) is 0 Å². The molecule has 1 fully saturated rings. The van der Waals surface area contributed by atoms with Gasteiger partial charge in [0.2, 0.25) is 5.75 Å². The van der Waals surface area contributed by atoms with Gasteiger partial charge < -0.3 is 14.8 Å². The van der Waals surface area contributed by atoms with Gasteiger partial charge in [0.25, 0.3) is 5.91 Å². The van der Waals surface area contributed by atoms with Crippen molar-refractivity contribution in [2.24, 2.45) is 0 Å². The van der Waals surface area contributed by atoms with Gasteiger partial charge in [-0.15, -0.1) is 0 Å². The van der Waals surface area contributed by atoms with Crippen LogP contribution in [-0.4, -0.2) is 30.1 Å². The summed E-state index contributed by atoms with van der Waals surface area (Å²) in [5.41, 5.74) is 0.247. The second kappa shape index (κ2) is 8.16. The molecular weight excluding hydrogens is 360 g/mol. The highest BCUT2D eigenvalue weighted by Gasteiger charge is 2.18. The van der Waals surface area contributed by atoms with Gasteiger partial charge >= 0.3 is 5.69 Å². The molecule has 1 unspecified atom stereocenters. The maximum Gasteiger partial charge on any atom is 0.313 e. The van der Waals surface area contributed by atoms with Crippen molar-refractivity contribution < 1.29 is 19.2 Å². The average Bonchev–Trinajstić information content (AvgIpc) is 3.15. The number of hydrogen-bond acceptors (Lipinski definition) is 5. The van der Waals surface area contributed by atoms with Crippen LogP contribution in [0.4, 0.5) is 5.69 Å². The summed E-state index contributed by atoms with van der Waals surface area (Å²) in [4.78, 5) is 22.7. The number of nitro benzene ring substituents is 1. The maximum atomic E-state index is 12.1. The summed E-state index contributed by atoms with van der Waals surface area (Å²) < 4.78 is 11.0. The smallest absolute Gasteiger partial charge is 0.313 e. The topological polar surface area (TPSA) is 90.7 Å². The Kier molecular flexibility index (Phi) is 5.70. The highest BCUT2D eigenvalue weighted by atomic mass is 35.5. The number of nitro groups is 1. The molecule has 136 valence electrons. The van der Waals surface area contributed by atoms with E-state index in [-0.39, 0.29) is 28.5 Å². The number of halogens is 1. The lowest BCUT2D eigenvalue weighted by Crippen LogP contribution is -2.31. The molecule has 1 amide bonds. The molecule has 0 saturated carbocycles. The molecule has 0 spiro atoms. The molecule has 0 aliphatic carbocycles. The van der Waals surface area contributed by atoms with Gasteiger partial charge in [0.15, 0.2) is 0 Å². The number of hydrogen-bond donors (Lipinski definition) is 1. The van der Waals surface area contributed by atoms with Crippen LogP contribution in [-0.2, 0) is 4.74 Å². The van der Waals surface area contributed by atoms with E-state index in [4.69, 9.17) is 21.1 Å². The van der Waals surface area contributed by atoms with Crippen molar-refractivity contribution in [3.8, 4) is 11.5 Å². The molecule has 2 aromatic rings. The normalized spacial score (nSPS) is 16.3. The van der Waals surface area contributed by atoms with Crippen molar-refractivity contribution in [2.45, 2.75) is 18.9 Å². The summed E-state index contributed by atoms with van der Waals surface area (Å²) in [7, 11) is 0. The Morgan fingerprint density at radius 2 is 2.08 bits per heavy atom. The van der Waals surface area contributed by atoms with Gasteiger partial charge in [0.1, 0.15) is 5.75 Å². The molecule has 26 heavy (non-hydrogen) atoms. The molecule has 1 atom stereocenters. The summed E-state index contributed by atoms with van der Waals surface area (Å²) in [5, 5.41) is 14.2. The predicted molar refractivity (Wildman–Crippen MR) is 95.9 cm³/mol. The van der Waals surface area contributed by atoms with Gasteiger partial charge in [0, 0.05) is 29.8 Å². The number of rotatable bonds is 6. The van der Waals surface area contributed by atoms with E-state index in [1.165, 1.54) is 18.2 Å². The second-order valence-electron chi connectivity index (χ2n) is 5.84. The number of carbonyl (C=O) groups excluding carboxylic acids is 1. The van der Waals surface area contributed by atoms with Crippen LogP contribution in [0, 0.1) is 10.1 Å². The Morgan fingerprint density at radius 3 is 2.73 bits per heavy atom. The van der Waals surface area contributed by atoms with Crippen molar-refractivity contribution in [1.29, 1.82) is 0 Å². The van der Waals surface area contributed by atoms with Crippen LogP contribution < -0.4 is 10.1 Å². The van der Waals surface area contributed by atoms with E-state index in [1.807, 2.05) is 0 Å². The first-order valence-electron chi connectivity index (χ1n) is 8.14. The fraction of sp³-hybridized carbons (Fsp3) is 0.278. The molecule has 1 aliphatic rings. The van der Waals surface area contributed by atoms with E-state index in [0.717, 1.165) is 19.4 Å². The first-order valence-corrected chi connectivity index (χ1v) is 8.52. The average molecular weight is 377 g/mol. The summed E-state index contributed by atoms with van der Waals surface area (Å²) in [6.07, 6.45) is 2.04. The number of ether oxygens (including phenoxy) is 2. The van der Waals surface area contributed by atoms with Crippen molar-refractivity contribution in [3.63, 3.8) is 0 Å². The van der Waals surface area contributed by atoms with Crippen LogP contribution in [0.3, 0.4) is 0 Å². The molecule has 0 radical (unpaired) electrons. The van der Waals surface area contributed by atoms with Gasteiger partial charge in [0.05, 0.1) is 11.0 Å². The lowest BCUT2D eigenvalue weighted by molar-refractivity contribution is -0.385. The molecule has 1 saturated heterocycles. The number of amides is 1. The van der Waals surface area contributed by atoms with Gasteiger partial charge in [-0.1, -0.05) is 11.6 Å². The van der Waals surface area contributed by atoms with E-state index >= 15 is 0 Å². The zero-order valence-corrected chi connectivity index (χ0v) is 14.6. The standard InChI is InChI=1S/C18H17ClN2O5/c19-13-5-8-17(16(10-13)21(23)24)26-14-6-3-12(4-7-14)18(22)20-11-15-2-1-9-25-15/h3-8,10,15H,1-2,9,11H2,(H,20,22). The van der Waals surface area contributed by atoms with Crippen LogP contribution in [0.2, 0.25) is 5.02 Å². The first-order chi connectivity index (χ1) is 12.5.